The van der Waals surface area contributed by atoms with Crippen molar-refractivity contribution in [3.63, 3.8) is 0 Å². The maximum Gasteiger partial charge on any atom is 0.256 e. The molecule has 0 aliphatic carbocycles. The van der Waals surface area contributed by atoms with E-state index >= 15 is 0 Å². The Morgan fingerprint density at radius 3 is 2.59 bits per heavy atom. The molecule has 144 valence electrons. The maximum absolute atomic E-state index is 12.8. The first-order valence-corrected chi connectivity index (χ1v) is 9.86. The number of rotatable bonds is 5. The number of sulfonamides is 1. The highest BCUT2D eigenvalue weighted by Crippen LogP contribution is 2.22. The molecule has 0 bridgehead atoms. The van der Waals surface area contributed by atoms with E-state index in [-0.39, 0.29) is 4.90 Å². The zero-order chi connectivity index (χ0) is 19.4. The van der Waals surface area contributed by atoms with Crippen molar-refractivity contribution >= 4 is 21.6 Å². The van der Waals surface area contributed by atoms with Crippen LogP contribution in [0.2, 0.25) is 0 Å². The number of anilines is 1. The molecule has 1 N–H and O–H groups in total. The number of aromatic nitrogens is 1. The lowest BCUT2D eigenvalue weighted by atomic mass is 10.1. The van der Waals surface area contributed by atoms with Gasteiger partial charge < -0.3 is 14.8 Å². The van der Waals surface area contributed by atoms with Crippen molar-refractivity contribution in [3.8, 4) is 5.88 Å². The number of hydrogen-bond donors (Lipinski definition) is 1. The summed E-state index contributed by atoms with van der Waals surface area (Å²) in [6, 6.07) is 7.85. The molecule has 2 aromatic rings. The van der Waals surface area contributed by atoms with Gasteiger partial charge in [-0.3, -0.25) is 4.79 Å². The number of ether oxygens (including phenoxy) is 2. The molecule has 1 saturated heterocycles. The third kappa shape index (κ3) is 4.26. The van der Waals surface area contributed by atoms with Crippen molar-refractivity contribution < 1.29 is 22.7 Å². The average molecular weight is 391 g/mol. The second kappa shape index (κ2) is 8.03. The van der Waals surface area contributed by atoms with Gasteiger partial charge in [0.25, 0.3) is 5.91 Å². The number of benzene rings is 1. The van der Waals surface area contributed by atoms with Crippen LogP contribution in [0.5, 0.6) is 5.88 Å². The lowest BCUT2D eigenvalue weighted by Crippen LogP contribution is -2.40. The smallest absolute Gasteiger partial charge is 0.256 e. The van der Waals surface area contributed by atoms with Gasteiger partial charge in [-0.05, 0) is 30.7 Å². The number of aryl methyl sites for hydroxylation is 1. The van der Waals surface area contributed by atoms with Crippen LogP contribution in [-0.4, -0.2) is 57.0 Å². The summed E-state index contributed by atoms with van der Waals surface area (Å²) in [6.07, 6.45) is 1.47. The molecule has 1 aliphatic heterocycles. The molecule has 2 heterocycles. The molecular weight excluding hydrogens is 370 g/mol. The summed E-state index contributed by atoms with van der Waals surface area (Å²) < 4.78 is 37.2. The van der Waals surface area contributed by atoms with E-state index in [0.29, 0.717) is 49.0 Å². The van der Waals surface area contributed by atoms with Crippen molar-refractivity contribution in [2.24, 2.45) is 0 Å². The maximum atomic E-state index is 12.8. The third-order valence-electron chi connectivity index (χ3n) is 4.26. The van der Waals surface area contributed by atoms with E-state index in [1.165, 1.54) is 29.7 Å². The fraction of sp³-hybridized carbons (Fsp3) is 0.333. The lowest BCUT2D eigenvalue weighted by Gasteiger charge is -2.26. The average Bonchev–Trinajstić information content (AvgIpc) is 2.69. The summed E-state index contributed by atoms with van der Waals surface area (Å²) >= 11 is 0. The Kier molecular flexibility index (Phi) is 5.73. The third-order valence-corrected chi connectivity index (χ3v) is 6.16. The number of nitrogens with zero attached hydrogens (tertiary/aromatic N) is 2. The van der Waals surface area contributed by atoms with Crippen LogP contribution in [-0.2, 0) is 14.8 Å². The van der Waals surface area contributed by atoms with Crippen LogP contribution in [0.15, 0.2) is 41.4 Å². The van der Waals surface area contributed by atoms with Gasteiger partial charge in [0.15, 0.2) is 0 Å². The number of methoxy groups -OCH3 is 1. The second-order valence-corrected chi connectivity index (χ2v) is 7.97. The van der Waals surface area contributed by atoms with E-state index in [9.17, 15) is 13.2 Å². The summed E-state index contributed by atoms with van der Waals surface area (Å²) in [7, 11) is -2.17. The number of carbonyl (C=O) groups excluding carboxylic acids is 1. The molecule has 0 unspecified atom stereocenters. The highest BCUT2D eigenvalue weighted by molar-refractivity contribution is 7.89. The van der Waals surface area contributed by atoms with Gasteiger partial charge in [-0.1, -0.05) is 6.07 Å². The van der Waals surface area contributed by atoms with Crippen molar-refractivity contribution in [1.82, 2.24) is 9.29 Å². The minimum atomic E-state index is -3.67. The van der Waals surface area contributed by atoms with E-state index in [4.69, 9.17) is 9.47 Å². The molecule has 1 aromatic heterocycles. The Hall–Kier alpha value is -2.49. The van der Waals surface area contributed by atoms with Crippen LogP contribution in [0.4, 0.5) is 5.69 Å². The van der Waals surface area contributed by atoms with Crippen LogP contribution < -0.4 is 10.1 Å². The first-order chi connectivity index (χ1) is 12.9. The topological polar surface area (TPSA) is 97.8 Å². The molecule has 8 nitrogen and oxygen atoms in total. The van der Waals surface area contributed by atoms with Gasteiger partial charge in [0.1, 0.15) is 0 Å². The van der Waals surface area contributed by atoms with Gasteiger partial charge in [-0.2, -0.15) is 4.31 Å². The Bertz CT molecular complexity index is 923. The molecule has 9 heteroatoms. The van der Waals surface area contributed by atoms with Crippen LogP contribution in [0.1, 0.15) is 15.9 Å². The Morgan fingerprint density at radius 2 is 1.96 bits per heavy atom. The Balaban J connectivity index is 1.84. The molecule has 0 saturated carbocycles. The molecule has 1 aliphatic rings. The highest BCUT2D eigenvalue weighted by atomic mass is 32.2. The van der Waals surface area contributed by atoms with Crippen molar-refractivity contribution in [2.45, 2.75) is 11.8 Å². The summed E-state index contributed by atoms with van der Waals surface area (Å²) in [5.41, 5.74) is 1.46. The molecule has 27 heavy (non-hydrogen) atoms. The molecule has 0 radical (unpaired) electrons. The minimum absolute atomic E-state index is 0.0907. The Morgan fingerprint density at radius 1 is 1.22 bits per heavy atom. The molecule has 1 aromatic carbocycles. The predicted molar refractivity (Wildman–Crippen MR) is 99.5 cm³/mol. The molecule has 0 atom stereocenters. The van der Waals surface area contributed by atoms with E-state index in [1.54, 1.807) is 25.1 Å². The predicted octanol–water partition coefficient (Wildman–Crippen LogP) is 1.67. The van der Waals surface area contributed by atoms with Gasteiger partial charge in [-0.15, -0.1) is 0 Å². The molecule has 0 spiro atoms. The SMILES string of the molecule is COc1ccc(NC(=O)c2cc(S(=O)(=O)N3CCOCC3)ccc2C)cn1. The van der Waals surface area contributed by atoms with E-state index < -0.39 is 15.9 Å². The molecule has 1 fully saturated rings. The first kappa shape index (κ1) is 19.3. The second-order valence-electron chi connectivity index (χ2n) is 6.04. The number of pyridine rings is 1. The van der Waals surface area contributed by atoms with Crippen LogP contribution in [0, 0.1) is 6.92 Å². The molecule has 3 rings (SSSR count). The van der Waals surface area contributed by atoms with Gasteiger partial charge in [0.2, 0.25) is 15.9 Å². The fourth-order valence-corrected chi connectivity index (χ4v) is 4.15. The van der Waals surface area contributed by atoms with Crippen LogP contribution >= 0.6 is 0 Å². The fourth-order valence-electron chi connectivity index (χ4n) is 2.72. The van der Waals surface area contributed by atoms with E-state index in [2.05, 4.69) is 10.3 Å². The van der Waals surface area contributed by atoms with E-state index in [0.717, 1.165) is 0 Å². The number of hydrogen-bond acceptors (Lipinski definition) is 6. The van der Waals surface area contributed by atoms with Crippen LogP contribution in [0.25, 0.3) is 0 Å². The minimum Gasteiger partial charge on any atom is -0.481 e. The molecular formula is C18H21N3O5S. The standard InChI is InChI=1S/C18H21N3O5S/c1-13-3-5-15(27(23,24)21-7-9-26-10-8-21)11-16(13)18(22)20-14-4-6-17(25-2)19-12-14/h3-6,11-12H,7-10H2,1-2H3,(H,20,22). The zero-order valence-corrected chi connectivity index (χ0v) is 16.0. The Labute approximate surface area is 158 Å². The van der Waals surface area contributed by atoms with Crippen molar-refractivity contribution in [2.75, 3.05) is 38.7 Å². The van der Waals surface area contributed by atoms with E-state index in [1.807, 2.05) is 0 Å². The lowest BCUT2D eigenvalue weighted by molar-refractivity contribution is 0.0730. The van der Waals surface area contributed by atoms with Gasteiger partial charge in [0, 0.05) is 24.7 Å². The summed E-state index contributed by atoms with van der Waals surface area (Å²) in [5.74, 6) is 0.0290. The largest absolute Gasteiger partial charge is 0.481 e. The molecule has 1 amide bonds. The van der Waals surface area contributed by atoms with Crippen molar-refractivity contribution in [3.05, 3.63) is 47.7 Å². The number of morpholine rings is 1. The van der Waals surface area contributed by atoms with Gasteiger partial charge >= 0.3 is 0 Å². The highest BCUT2D eigenvalue weighted by Gasteiger charge is 2.27. The number of nitrogens with one attached hydrogen (secondary N) is 1. The first-order valence-electron chi connectivity index (χ1n) is 8.42. The number of carbonyl (C=O) groups is 1. The van der Waals surface area contributed by atoms with Gasteiger partial charge in [0.05, 0.1) is 37.1 Å². The summed E-state index contributed by atoms with van der Waals surface area (Å²) in [5, 5.41) is 2.72. The van der Waals surface area contributed by atoms with Gasteiger partial charge in [-0.25, -0.2) is 13.4 Å². The zero-order valence-electron chi connectivity index (χ0n) is 15.1. The van der Waals surface area contributed by atoms with Crippen LogP contribution in [0.3, 0.4) is 0 Å². The van der Waals surface area contributed by atoms with Crippen molar-refractivity contribution in [1.29, 1.82) is 0 Å². The summed E-state index contributed by atoms with van der Waals surface area (Å²) in [6.45, 7) is 3.09. The number of amides is 1. The normalized spacial score (nSPS) is 15.3. The monoisotopic (exact) mass is 391 g/mol. The summed E-state index contributed by atoms with van der Waals surface area (Å²) in [4.78, 5) is 16.8. The quantitative estimate of drug-likeness (QED) is 0.833.